The number of alkyl carbamates (subject to hydrolysis) is 1. The zero-order chi connectivity index (χ0) is 24.1. The largest absolute Gasteiger partial charge is 0.444 e. The van der Waals surface area contributed by atoms with Crippen LogP contribution in [0.25, 0.3) is 0 Å². The molecule has 2 amide bonds. The molecule has 2 rings (SSSR count). The van der Waals surface area contributed by atoms with Crippen LogP contribution in [0.15, 0.2) is 24.3 Å². The Morgan fingerprint density at radius 1 is 1.09 bits per heavy atom. The van der Waals surface area contributed by atoms with Gasteiger partial charge in [-0.15, -0.1) is 0 Å². The summed E-state index contributed by atoms with van der Waals surface area (Å²) in [5.74, 6) is 0.261. The van der Waals surface area contributed by atoms with Crippen molar-refractivity contribution in [3.05, 3.63) is 34.9 Å². The highest BCUT2D eigenvalue weighted by molar-refractivity contribution is 6.30. The third-order valence-electron chi connectivity index (χ3n) is 6.52. The van der Waals surface area contributed by atoms with Gasteiger partial charge in [0.1, 0.15) is 11.6 Å². The third-order valence-corrected chi connectivity index (χ3v) is 6.78. The number of hydrogen-bond donors (Lipinski definition) is 2. The van der Waals surface area contributed by atoms with Gasteiger partial charge in [0.15, 0.2) is 0 Å². The Morgan fingerprint density at radius 2 is 1.69 bits per heavy atom. The van der Waals surface area contributed by atoms with Crippen molar-refractivity contribution in [1.82, 2.24) is 10.6 Å². The molecular formula is C26H41ClN2O3. The molecule has 180 valence electrons. The van der Waals surface area contributed by atoms with Crippen LogP contribution >= 0.6 is 11.6 Å². The summed E-state index contributed by atoms with van der Waals surface area (Å²) in [6, 6.07) is 7.37. The molecule has 0 aromatic heterocycles. The van der Waals surface area contributed by atoms with Crippen LogP contribution in [0.2, 0.25) is 5.02 Å². The third kappa shape index (κ3) is 6.87. The van der Waals surface area contributed by atoms with E-state index in [4.69, 9.17) is 16.3 Å². The van der Waals surface area contributed by atoms with E-state index in [2.05, 4.69) is 36.6 Å². The van der Waals surface area contributed by atoms with Gasteiger partial charge in [-0.05, 0) is 69.6 Å². The maximum absolute atomic E-state index is 13.5. The molecule has 1 fully saturated rings. The maximum Gasteiger partial charge on any atom is 0.408 e. The Bertz CT molecular complexity index is 766. The highest BCUT2D eigenvalue weighted by Gasteiger charge is 2.47. The average Bonchev–Trinajstić information content (AvgIpc) is 2.64. The van der Waals surface area contributed by atoms with E-state index < -0.39 is 17.7 Å². The lowest BCUT2D eigenvalue weighted by Crippen LogP contribution is -2.59. The Labute approximate surface area is 199 Å². The minimum absolute atomic E-state index is 0.0167. The fourth-order valence-electron chi connectivity index (χ4n) is 4.47. The molecule has 0 bridgehead atoms. The predicted molar refractivity (Wildman–Crippen MR) is 131 cm³/mol. The van der Waals surface area contributed by atoms with Gasteiger partial charge in [-0.1, -0.05) is 64.3 Å². The van der Waals surface area contributed by atoms with Crippen molar-refractivity contribution in [2.45, 2.75) is 104 Å². The first-order chi connectivity index (χ1) is 14.9. The molecule has 0 spiro atoms. The second-order valence-electron chi connectivity index (χ2n) is 10.7. The summed E-state index contributed by atoms with van der Waals surface area (Å²) in [7, 11) is 0. The minimum Gasteiger partial charge on any atom is -0.444 e. The minimum atomic E-state index is -0.646. The number of rotatable bonds is 9. The van der Waals surface area contributed by atoms with E-state index in [0.717, 1.165) is 32.1 Å². The van der Waals surface area contributed by atoms with Gasteiger partial charge < -0.3 is 15.4 Å². The molecule has 0 saturated heterocycles. The number of hydrogen-bond acceptors (Lipinski definition) is 3. The van der Waals surface area contributed by atoms with Crippen LogP contribution in [-0.4, -0.2) is 29.7 Å². The topological polar surface area (TPSA) is 67.4 Å². The van der Waals surface area contributed by atoms with E-state index >= 15 is 0 Å². The molecule has 1 aliphatic rings. The summed E-state index contributed by atoms with van der Waals surface area (Å²) in [5.41, 5.74) is 0.501. The first kappa shape index (κ1) is 26.5. The van der Waals surface area contributed by atoms with Gasteiger partial charge in [0.2, 0.25) is 5.91 Å². The van der Waals surface area contributed by atoms with Crippen LogP contribution in [0.1, 0.15) is 86.1 Å². The van der Waals surface area contributed by atoms with Gasteiger partial charge in [0, 0.05) is 16.5 Å². The second kappa shape index (κ2) is 10.9. The summed E-state index contributed by atoms with van der Waals surface area (Å²) in [4.78, 5) is 26.0. The molecule has 1 aliphatic carbocycles. The molecule has 32 heavy (non-hydrogen) atoms. The molecule has 0 heterocycles. The molecule has 3 atom stereocenters. The smallest absolute Gasteiger partial charge is 0.408 e. The number of amides is 2. The summed E-state index contributed by atoms with van der Waals surface area (Å²) < 4.78 is 5.42. The van der Waals surface area contributed by atoms with E-state index in [1.165, 1.54) is 5.56 Å². The maximum atomic E-state index is 13.5. The molecule has 2 N–H and O–H groups in total. The fourth-order valence-corrected chi connectivity index (χ4v) is 4.60. The number of benzene rings is 1. The van der Waals surface area contributed by atoms with Crippen molar-refractivity contribution in [3.8, 4) is 0 Å². The highest BCUT2D eigenvalue weighted by Crippen LogP contribution is 2.48. The number of nitrogens with one attached hydrogen (secondary N) is 2. The number of carbonyl (C=O) groups excluding carboxylic acids is 2. The molecule has 6 heteroatoms. The normalized spacial score (nSPS) is 18.3. The Hall–Kier alpha value is -1.75. The lowest BCUT2D eigenvalue weighted by molar-refractivity contribution is -0.126. The zero-order valence-corrected chi connectivity index (χ0v) is 21.5. The van der Waals surface area contributed by atoms with Crippen LogP contribution in [0.3, 0.4) is 0 Å². The molecule has 5 nitrogen and oxygen atoms in total. The summed E-state index contributed by atoms with van der Waals surface area (Å²) in [6.07, 6.45) is 4.27. The van der Waals surface area contributed by atoms with E-state index in [0.29, 0.717) is 10.9 Å². The molecule has 0 unspecified atom stereocenters. The van der Waals surface area contributed by atoms with Gasteiger partial charge >= 0.3 is 6.09 Å². The number of ether oxygens (including phenoxy) is 1. The summed E-state index contributed by atoms with van der Waals surface area (Å²) in [6.45, 7) is 13.8. The van der Waals surface area contributed by atoms with Crippen molar-refractivity contribution in [3.63, 3.8) is 0 Å². The zero-order valence-electron chi connectivity index (χ0n) is 20.8. The van der Waals surface area contributed by atoms with Gasteiger partial charge in [0.05, 0.1) is 0 Å². The molecule has 1 aromatic rings. The van der Waals surface area contributed by atoms with Crippen LogP contribution in [0, 0.1) is 11.8 Å². The Kier molecular flexibility index (Phi) is 9.04. The van der Waals surface area contributed by atoms with Crippen molar-refractivity contribution in [1.29, 1.82) is 0 Å². The first-order valence-electron chi connectivity index (χ1n) is 11.9. The highest BCUT2D eigenvalue weighted by atomic mass is 35.5. The van der Waals surface area contributed by atoms with E-state index in [1.54, 1.807) is 0 Å². The molecule has 0 radical (unpaired) electrons. The SMILES string of the molecule is CC[C@H](C)[C@H](NC(=O)OC(C)(C)C)C(=O)N[C@H](CC(C)C)C1(c2ccc(Cl)cc2)CCC1. The van der Waals surface area contributed by atoms with Gasteiger partial charge in [-0.3, -0.25) is 4.79 Å². The summed E-state index contributed by atoms with van der Waals surface area (Å²) >= 11 is 6.14. The average molecular weight is 465 g/mol. The van der Waals surface area contributed by atoms with Crippen molar-refractivity contribution < 1.29 is 14.3 Å². The molecule has 1 saturated carbocycles. The summed E-state index contributed by atoms with van der Waals surface area (Å²) in [5, 5.41) is 6.89. The van der Waals surface area contributed by atoms with Crippen molar-refractivity contribution >= 4 is 23.6 Å². The van der Waals surface area contributed by atoms with Gasteiger partial charge in [-0.25, -0.2) is 4.79 Å². The first-order valence-corrected chi connectivity index (χ1v) is 12.3. The lowest BCUT2D eigenvalue weighted by atomic mass is 9.58. The van der Waals surface area contributed by atoms with Crippen LogP contribution in [0.5, 0.6) is 0 Å². The lowest BCUT2D eigenvalue weighted by Gasteiger charge is -2.49. The van der Waals surface area contributed by atoms with Crippen LogP contribution in [-0.2, 0) is 14.9 Å². The van der Waals surface area contributed by atoms with Crippen molar-refractivity contribution in [2.24, 2.45) is 11.8 Å². The fraction of sp³-hybridized carbons (Fsp3) is 0.692. The predicted octanol–water partition coefficient (Wildman–Crippen LogP) is 6.23. The van der Waals surface area contributed by atoms with Crippen molar-refractivity contribution in [2.75, 3.05) is 0 Å². The van der Waals surface area contributed by atoms with Crippen LogP contribution in [0.4, 0.5) is 4.79 Å². The van der Waals surface area contributed by atoms with E-state index in [-0.39, 0.29) is 23.3 Å². The van der Waals surface area contributed by atoms with E-state index in [9.17, 15) is 9.59 Å². The Morgan fingerprint density at radius 3 is 2.12 bits per heavy atom. The van der Waals surface area contributed by atoms with Gasteiger partial charge in [0.25, 0.3) is 0 Å². The monoisotopic (exact) mass is 464 g/mol. The quantitative estimate of drug-likeness (QED) is 0.455. The van der Waals surface area contributed by atoms with Gasteiger partial charge in [-0.2, -0.15) is 0 Å². The molecule has 1 aromatic carbocycles. The second-order valence-corrected chi connectivity index (χ2v) is 11.2. The number of carbonyl (C=O) groups is 2. The standard InChI is InChI=1S/C26H41ClN2O3/c1-8-18(4)22(29-24(31)32-25(5,6)7)23(30)28-21(16-17(2)3)26(14-9-15-26)19-10-12-20(27)13-11-19/h10-13,17-18,21-22H,8-9,14-16H2,1-7H3,(H,28,30)(H,29,31)/t18-,21+,22-/m0/s1. The van der Waals surface area contributed by atoms with Crippen LogP contribution < -0.4 is 10.6 Å². The molecule has 0 aliphatic heterocycles. The number of halogens is 1. The van der Waals surface area contributed by atoms with E-state index in [1.807, 2.05) is 46.8 Å². The molecular weight excluding hydrogens is 424 g/mol. The Balaban J connectivity index is 2.27.